The quantitative estimate of drug-likeness (QED) is 0.263. The molecule has 0 saturated heterocycles. The Bertz CT molecular complexity index is 100. The van der Waals surface area contributed by atoms with Gasteiger partial charge in [0.1, 0.15) is 0 Å². The van der Waals surface area contributed by atoms with Crippen molar-refractivity contribution in [3.05, 3.63) is 0 Å². The van der Waals surface area contributed by atoms with Crippen LogP contribution >= 0.6 is 0 Å². The molecule has 0 amide bonds. The normalized spacial score (nSPS) is 5.80. The molecule has 0 bridgehead atoms. The molecule has 0 atom stereocenters. The summed E-state index contributed by atoms with van der Waals surface area (Å²) in [6.07, 6.45) is 0. The topological polar surface area (TPSA) is 117 Å². The summed E-state index contributed by atoms with van der Waals surface area (Å²) in [7, 11) is -5.17. The molecule has 0 saturated carbocycles. The van der Waals surface area contributed by atoms with Crippen LogP contribution in [0.3, 0.4) is 0 Å². The summed E-state index contributed by atoms with van der Waals surface area (Å²) in [6, 6.07) is 0. The molecule has 40 valence electrons. The van der Waals surface area contributed by atoms with Gasteiger partial charge in [-0.2, -0.15) is 0 Å². The number of hydrogen-bond donors (Lipinski definition) is 1. The van der Waals surface area contributed by atoms with Crippen molar-refractivity contribution in [2.75, 3.05) is 0 Å². The van der Waals surface area contributed by atoms with E-state index >= 15 is 0 Å². The summed E-state index contributed by atoms with van der Waals surface area (Å²) in [5.41, 5.74) is 0. The zero-order chi connectivity index (χ0) is 4.50. The Hall–Kier alpha value is 5.34. The van der Waals surface area contributed by atoms with Crippen molar-refractivity contribution in [3.63, 3.8) is 0 Å². The van der Waals surface area contributed by atoms with Crippen LogP contribution in [0.25, 0.3) is 0 Å². The fourth-order valence-electron chi connectivity index (χ4n) is 0. The van der Waals surface area contributed by atoms with Crippen LogP contribution in [0.1, 0.15) is 0 Å². The van der Waals surface area contributed by atoms with Crippen molar-refractivity contribution in [1.29, 1.82) is 0 Å². The second-order valence-corrected chi connectivity index (χ2v) is 1.22. The van der Waals surface area contributed by atoms with E-state index in [0.717, 1.165) is 0 Å². The first-order chi connectivity index (χ1) is 2.00. The van der Waals surface area contributed by atoms with Gasteiger partial charge in [-0.25, -0.2) is 0 Å². The van der Waals surface area contributed by atoms with Crippen LogP contribution in [0.15, 0.2) is 0 Å². The fourth-order valence-corrected chi connectivity index (χ4v) is 0. The molecule has 0 fully saturated rings. The molecule has 0 spiro atoms. The summed E-state index contributed by atoms with van der Waals surface area (Å²) in [5.74, 6) is 0. The molecule has 0 rings (SSSR count). The van der Waals surface area contributed by atoms with Gasteiger partial charge in [0.15, 0.2) is 0 Å². The smallest absolute Gasteiger partial charge is 0.759 e. The van der Waals surface area contributed by atoms with Crippen LogP contribution in [-0.2, 0) is 10.4 Å². The zero-order valence-corrected chi connectivity index (χ0v) is 18.4. The Balaban J connectivity index is -0.00000000800. The number of rotatable bonds is 0. The van der Waals surface area contributed by atoms with Crippen molar-refractivity contribution in [2.24, 2.45) is 0 Å². The first-order valence-electron chi connectivity index (χ1n) is 0.667. The molecule has 10 heavy (non-hydrogen) atoms. The number of hydrogen-bond acceptors (Lipinski definition) is 4. The minimum Gasteiger partial charge on any atom is -0.759 e. The Morgan fingerprint density at radius 1 is 0.800 bits per heavy atom. The SMILES string of the molecule is O=S(=O)([O-])[O-].[Ce+4].[Ce+4].[Ce+4].[Ce+4].[NH4+]. The Morgan fingerprint density at radius 2 is 0.800 bits per heavy atom. The van der Waals surface area contributed by atoms with Crippen LogP contribution in [0.2, 0.25) is 0 Å². The molecule has 0 unspecified atom stereocenters. The van der Waals surface area contributed by atoms with Gasteiger partial charge < -0.3 is 15.3 Å². The van der Waals surface area contributed by atoms with Gasteiger partial charge in [0, 0.05) is 10.4 Å². The van der Waals surface area contributed by atoms with Gasteiger partial charge in [-0.1, -0.05) is 0 Å². The van der Waals surface area contributed by atoms with Crippen molar-refractivity contribution < 1.29 is 185 Å². The van der Waals surface area contributed by atoms with Crippen LogP contribution < -0.4 is 6.15 Å². The maximum atomic E-state index is 8.52. The average molecular weight is 675 g/mol. The van der Waals surface area contributed by atoms with E-state index in [-0.39, 0.29) is 173 Å². The first-order valence-corrected chi connectivity index (χ1v) is 2.00. The van der Waals surface area contributed by atoms with E-state index < -0.39 is 10.4 Å². The molecule has 0 aromatic rings. The predicted molar refractivity (Wildman–Crippen MR) is 16.5 cm³/mol. The summed E-state index contributed by atoms with van der Waals surface area (Å²) in [4.78, 5) is 0. The molecule has 0 heterocycles. The van der Waals surface area contributed by atoms with Crippen molar-refractivity contribution in [2.45, 2.75) is 0 Å². The molecule has 0 aliphatic heterocycles. The molecule has 0 radical (unpaired) electrons. The molecule has 0 aliphatic carbocycles. The summed E-state index contributed by atoms with van der Waals surface area (Å²) in [6.45, 7) is 0. The first kappa shape index (κ1) is 36.2. The van der Waals surface area contributed by atoms with Crippen molar-refractivity contribution >= 4 is 10.4 Å². The Kier molecular flexibility index (Phi) is 71.7. The van der Waals surface area contributed by atoms with Crippen molar-refractivity contribution in [1.82, 2.24) is 6.15 Å². The Morgan fingerprint density at radius 3 is 0.800 bits per heavy atom. The zero-order valence-electron chi connectivity index (χ0n) is 5.04. The molecule has 0 aromatic heterocycles. The van der Waals surface area contributed by atoms with Gasteiger partial charge in [-0.15, -0.1) is 0 Å². The second-order valence-electron chi connectivity index (χ2n) is 0.408. The standard InChI is InChI=1S/4Ce.H3N.H2O4S/c;;;;;1-5(2,3)4/h;;;;1H3;(H2,1,2,3,4)/q4*+4;;/p-1. The van der Waals surface area contributed by atoms with E-state index in [4.69, 9.17) is 17.5 Å². The minimum absolute atomic E-state index is 0. The second kappa shape index (κ2) is 19.8. The third-order valence-corrected chi connectivity index (χ3v) is 0. The van der Waals surface area contributed by atoms with E-state index in [9.17, 15) is 0 Å². The predicted octanol–water partition coefficient (Wildman–Crippen LogP) is -0.962. The molecule has 10 heteroatoms. The molecule has 4 N–H and O–H groups in total. The maximum absolute atomic E-state index is 8.52. The molecular weight excluding hydrogens is 671 g/mol. The minimum atomic E-state index is -5.17. The van der Waals surface area contributed by atoms with Crippen molar-refractivity contribution in [3.8, 4) is 0 Å². The maximum Gasteiger partial charge on any atom is 4.00 e. The van der Waals surface area contributed by atoms with E-state index in [2.05, 4.69) is 0 Å². The molecule has 0 aliphatic rings. The molecule has 0 aromatic carbocycles. The van der Waals surface area contributed by atoms with Gasteiger partial charge in [-0.3, -0.25) is 8.42 Å². The van der Waals surface area contributed by atoms with Crippen LogP contribution in [-0.4, -0.2) is 17.5 Å². The summed E-state index contributed by atoms with van der Waals surface area (Å²) >= 11 is 0. The Labute approximate surface area is 195 Å². The summed E-state index contributed by atoms with van der Waals surface area (Å²) < 4.78 is 34.1. The largest absolute Gasteiger partial charge is 4.00 e. The number of quaternary nitrogens is 1. The third-order valence-electron chi connectivity index (χ3n) is 0. The molecule has 5 nitrogen and oxygen atoms in total. The summed E-state index contributed by atoms with van der Waals surface area (Å²) in [5, 5.41) is 0. The van der Waals surface area contributed by atoms with E-state index in [0.29, 0.717) is 0 Å². The van der Waals surface area contributed by atoms with E-state index in [1.54, 1.807) is 0 Å². The third kappa shape index (κ3) is 71.3. The van der Waals surface area contributed by atoms with Gasteiger partial charge in [-0.05, 0) is 0 Å². The van der Waals surface area contributed by atoms with Crippen LogP contribution in [0.5, 0.6) is 0 Å². The van der Waals surface area contributed by atoms with E-state index in [1.165, 1.54) is 0 Å². The van der Waals surface area contributed by atoms with Gasteiger partial charge >= 0.3 is 167 Å². The monoisotopic (exact) mass is 674 g/mol. The van der Waals surface area contributed by atoms with Gasteiger partial charge in [0.2, 0.25) is 0 Å². The van der Waals surface area contributed by atoms with E-state index in [1.807, 2.05) is 0 Å². The van der Waals surface area contributed by atoms with Gasteiger partial charge in [0.25, 0.3) is 0 Å². The van der Waals surface area contributed by atoms with Crippen LogP contribution in [0.4, 0.5) is 0 Å². The molecular formula is H4Ce4NO4S+15. The van der Waals surface area contributed by atoms with Crippen LogP contribution in [0, 0.1) is 167 Å². The van der Waals surface area contributed by atoms with Gasteiger partial charge in [0.05, 0.1) is 0 Å². The average Bonchev–Trinajstić information content (AvgIpc) is 0.722. The fraction of sp³-hybridized carbons (Fsp3) is 0.